The van der Waals surface area contributed by atoms with Gasteiger partial charge in [0, 0.05) is 13.1 Å². The van der Waals surface area contributed by atoms with E-state index in [9.17, 15) is 0 Å². The molecule has 0 saturated carbocycles. The standard InChI is InChI=1S/C17H28N2O/c1-3-5-14-6-8-15(9-7-14)17(18)16-13-19(10-4-2)11-12-20-16/h6-9,16-17H,3-5,10-13,18H2,1-2H3. The second-order valence-electron chi connectivity index (χ2n) is 5.73. The van der Waals surface area contributed by atoms with E-state index < -0.39 is 0 Å². The van der Waals surface area contributed by atoms with Crippen LogP contribution in [-0.2, 0) is 11.2 Å². The van der Waals surface area contributed by atoms with Crippen LogP contribution >= 0.6 is 0 Å². The highest BCUT2D eigenvalue weighted by molar-refractivity contribution is 5.25. The smallest absolute Gasteiger partial charge is 0.0894 e. The number of nitrogens with two attached hydrogens (primary N) is 1. The van der Waals surface area contributed by atoms with Crippen molar-refractivity contribution in [3.63, 3.8) is 0 Å². The Morgan fingerprint density at radius 2 is 2.00 bits per heavy atom. The Morgan fingerprint density at radius 1 is 1.25 bits per heavy atom. The predicted octanol–water partition coefficient (Wildman–Crippen LogP) is 2.75. The number of nitrogens with zero attached hydrogens (tertiary/aromatic N) is 1. The number of hydrogen-bond acceptors (Lipinski definition) is 3. The van der Waals surface area contributed by atoms with E-state index in [1.54, 1.807) is 0 Å². The summed E-state index contributed by atoms with van der Waals surface area (Å²) in [6, 6.07) is 8.71. The molecular weight excluding hydrogens is 248 g/mol. The topological polar surface area (TPSA) is 38.5 Å². The Bertz CT molecular complexity index is 388. The van der Waals surface area contributed by atoms with Crippen LogP contribution in [0, 0.1) is 0 Å². The lowest BCUT2D eigenvalue weighted by Gasteiger charge is -2.35. The Balaban J connectivity index is 1.97. The molecule has 0 radical (unpaired) electrons. The van der Waals surface area contributed by atoms with Gasteiger partial charge in [-0.1, -0.05) is 44.5 Å². The van der Waals surface area contributed by atoms with E-state index in [2.05, 4.69) is 43.0 Å². The maximum atomic E-state index is 6.40. The average Bonchev–Trinajstić information content (AvgIpc) is 2.48. The van der Waals surface area contributed by atoms with Crippen molar-refractivity contribution < 1.29 is 4.74 Å². The van der Waals surface area contributed by atoms with Gasteiger partial charge in [0.2, 0.25) is 0 Å². The lowest BCUT2D eigenvalue weighted by Crippen LogP contribution is -2.47. The Kier molecular flexibility index (Phi) is 6.02. The van der Waals surface area contributed by atoms with Gasteiger partial charge in [0.1, 0.15) is 0 Å². The van der Waals surface area contributed by atoms with Gasteiger partial charge in [-0.05, 0) is 30.5 Å². The van der Waals surface area contributed by atoms with Crippen LogP contribution in [0.4, 0.5) is 0 Å². The summed E-state index contributed by atoms with van der Waals surface area (Å²) in [5, 5.41) is 0. The van der Waals surface area contributed by atoms with Gasteiger partial charge in [-0.15, -0.1) is 0 Å². The molecule has 0 amide bonds. The minimum Gasteiger partial charge on any atom is -0.374 e. The van der Waals surface area contributed by atoms with E-state index in [4.69, 9.17) is 10.5 Å². The second-order valence-corrected chi connectivity index (χ2v) is 5.73. The van der Waals surface area contributed by atoms with Gasteiger partial charge in [-0.25, -0.2) is 0 Å². The fourth-order valence-electron chi connectivity index (χ4n) is 2.88. The van der Waals surface area contributed by atoms with Gasteiger partial charge < -0.3 is 10.5 Å². The van der Waals surface area contributed by atoms with Crippen molar-refractivity contribution in [3.05, 3.63) is 35.4 Å². The number of ether oxygens (including phenoxy) is 1. The zero-order chi connectivity index (χ0) is 14.4. The molecule has 1 saturated heterocycles. The quantitative estimate of drug-likeness (QED) is 0.868. The first-order valence-electron chi connectivity index (χ1n) is 7.93. The Labute approximate surface area is 123 Å². The van der Waals surface area contributed by atoms with Crippen molar-refractivity contribution in [1.29, 1.82) is 0 Å². The first kappa shape index (κ1) is 15.5. The van der Waals surface area contributed by atoms with E-state index in [1.165, 1.54) is 24.0 Å². The highest BCUT2D eigenvalue weighted by Crippen LogP contribution is 2.21. The van der Waals surface area contributed by atoms with Crippen LogP contribution < -0.4 is 5.73 Å². The van der Waals surface area contributed by atoms with Crippen molar-refractivity contribution in [1.82, 2.24) is 4.90 Å². The first-order chi connectivity index (χ1) is 9.74. The molecule has 1 aliphatic rings. The van der Waals surface area contributed by atoms with E-state index in [-0.39, 0.29) is 12.1 Å². The SMILES string of the molecule is CCCc1ccc(C(N)C2CN(CCC)CCO2)cc1. The summed E-state index contributed by atoms with van der Waals surface area (Å²) in [5.74, 6) is 0. The Morgan fingerprint density at radius 3 is 2.65 bits per heavy atom. The van der Waals surface area contributed by atoms with Crippen LogP contribution in [0.2, 0.25) is 0 Å². The Hall–Kier alpha value is -0.900. The molecule has 1 aromatic rings. The van der Waals surface area contributed by atoms with Crippen molar-refractivity contribution in [2.45, 2.75) is 45.3 Å². The van der Waals surface area contributed by atoms with Gasteiger partial charge in [-0.2, -0.15) is 0 Å². The van der Waals surface area contributed by atoms with Gasteiger partial charge in [0.05, 0.1) is 18.8 Å². The maximum Gasteiger partial charge on any atom is 0.0894 e. The molecule has 112 valence electrons. The molecule has 1 aliphatic heterocycles. The zero-order valence-corrected chi connectivity index (χ0v) is 12.8. The van der Waals surface area contributed by atoms with Gasteiger partial charge in [0.15, 0.2) is 0 Å². The molecule has 0 aromatic heterocycles. The molecule has 3 nitrogen and oxygen atoms in total. The molecule has 1 heterocycles. The summed E-state index contributed by atoms with van der Waals surface area (Å²) < 4.78 is 5.88. The zero-order valence-electron chi connectivity index (χ0n) is 12.8. The van der Waals surface area contributed by atoms with Gasteiger partial charge in [-0.3, -0.25) is 4.90 Å². The lowest BCUT2D eigenvalue weighted by atomic mass is 9.98. The molecule has 2 rings (SSSR count). The van der Waals surface area contributed by atoms with Crippen molar-refractivity contribution >= 4 is 0 Å². The van der Waals surface area contributed by atoms with Crippen LogP contribution in [0.5, 0.6) is 0 Å². The summed E-state index contributed by atoms with van der Waals surface area (Å²) in [6.07, 6.45) is 3.63. The molecule has 20 heavy (non-hydrogen) atoms. The van der Waals surface area contributed by atoms with Crippen LogP contribution in [-0.4, -0.2) is 37.2 Å². The average molecular weight is 276 g/mol. The van der Waals surface area contributed by atoms with E-state index in [1.807, 2.05) is 0 Å². The van der Waals surface area contributed by atoms with E-state index in [0.717, 1.165) is 32.7 Å². The largest absolute Gasteiger partial charge is 0.374 e. The summed E-state index contributed by atoms with van der Waals surface area (Å²) >= 11 is 0. The third-order valence-corrected chi connectivity index (χ3v) is 4.02. The molecule has 1 fully saturated rings. The van der Waals surface area contributed by atoms with Gasteiger partial charge in [0.25, 0.3) is 0 Å². The van der Waals surface area contributed by atoms with Crippen molar-refractivity contribution in [2.75, 3.05) is 26.2 Å². The lowest BCUT2D eigenvalue weighted by molar-refractivity contribution is -0.0407. The predicted molar refractivity (Wildman–Crippen MR) is 83.8 cm³/mol. The molecule has 0 aliphatic carbocycles. The molecule has 2 unspecified atom stereocenters. The number of hydrogen-bond donors (Lipinski definition) is 1. The molecule has 1 aromatic carbocycles. The number of morpholine rings is 1. The van der Waals surface area contributed by atoms with Crippen LogP contribution in [0.3, 0.4) is 0 Å². The minimum absolute atomic E-state index is 0.0228. The summed E-state index contributed by atoms with van der Waals surface area (Å²) in [4.78, 5) is 2.46. The number of rotatable bonds is 6. The fourth-order valence-corrected chi connectivity index (χ4v) is 2.88. The highest BCUT2D eigenvalue weighted by atomic mass is 16.5. The third kappa shape index (κ3) is 4.05. The monoisotopic (exact) mass is 276 g/mol. The van der Waals surface area contributed by atoms with Gasteiger partial charge >= 0.3 is 0 Å². The first-order valence-corrected chi connectivity index (χ1v) is 7.93. The molecule has 3 heteroatoms. The summed E-state index contributed by atoms with van der Waals surface area (Å²) in [7, 11) is 0. The fraction of sp³-hybridized carbons (Fsp3) is 0.647. The molecular formula is C17H28N2O. The molecule has 2 atom stereocenters. The molecule has 2 N–H and O–H groups in total. The number of aryl methyl sites for hydroxylation is 1. The third-order valence-electron chi connectivity index (χ3n) is 4.02. The molecule has 0 bridgehead atoms. The van der Waals surface area contributed by atoms with E-state index >= 15 is 0 Å². The van der Waals surface area contributed by atoms with Crippen LogP contribution in [0.25, 0.3) is 0 Å². The summed E-state index contributed by atoms with van der Waals surface area (Å²) in [5.41, 5.74) is 8.98. The van der Waals surface area contributed by atoms with Crippen LogP contribution in [0.1, 0.15) is 43.9 Å². The molecule has 0 spiro atoms. The minimum atomic E-state index is -0.0228. The van der Waals surface area contributed by atoms with Crippen molar-refractivity contribution in [3.8, 4) is 0 Å². The van der Waals surface area contributed by atoms with Crippen molar-refractivity contribution in [2.24, 2.45) is 5.73 Å². The normalized spacial score (nSPS) is 21.9. The number of benzene rings is 1. The van der Waals surface area contributed by atoms with E-state index in [0.29, 0.717) is 0 Å². The highest BCUT2D eigenvalue weighted by Gasteiger charge is 2.26. The second kappa shape index (κ2) is 7.77. The van der Waals surface area contributed by atoms with Crippen LogP contribution in [0.15, 0.2) is 24.3 Å². The maximum absolute atomic E-state index is 6.40. The summed E-state index contributed by atoms with van der Waals surface area (Å²) in [6.45, 7) is 8.35.